The molecule has 1 saturated heterocycles. The fourth-order valence-electron chi connectivity index (χ4n) is 3.75. The molecule has 3 aromatic rings. The van der Waals surface area contributed by atoms with Crippen LogP contribution in [-0.2, 0) is 11.0 Å². The molecule has 1 fully saturated rings. The average Bonchev–Trinajstić information content (AvgIpc) is 3.29. The maximum Gasteiger partial charge on any atom is 0.417 e. The second-order valence-corrected chi connectivity index (χ2v) is 8.50. The van der Waals surface area contributed by atoms with Gasteiger partial charge in [0.1, 0.15) is 5.82 Å². The molecule has 1 aromatic heterocycles. The largest absolute Gasteiger partial charge is 0.417 e. The van der Waals surface area contributed by atoms with Crippen molar-refractivity contribution >= 4 is 34.9 Å². The lowest BCUT2D eigenvalue weighted by Gasteiger charge is -2.15. The molecule has 0 spiro atoms. The Bertz CT molecular complexity index is 1230. The molecule has 4 rings (SSSR count). The van der Waals surface area contributed by atoms with Crippen LogP contribution in [0.25, 0.3) is 11.1 Å². The number of hydrogen-bond acceptors (Lipinski definition) is 5. The van der Waals surface area contributed by atoms with E-state index in [-0.39, 0.29) is 24.1 Å². The Hall–Kier alpha value is -3.63. The van der Waals surface area contributed by atoms with Crippen molar-refractivity contribution in [3.05, 3.63) is 76.9 Å². The van der Waals surface area contributed by atoms with Gasteiger partial charge >= 0.3 is 6.18 Å². The summed E-state index contributed by atoms with van der Waals surface area (Å²) in [5, 5.41) is 7.87. The first-order chi connectivity index (χ1) is 16.6. The number of aromatic nitrogens is 1. The Kier molecular flexibility index (Phi) is 6.95. The number of alkyl halides is 3. The highest BCUT2D eigenvalue weighted by atomic mass is 35.5. The van der Waals surface area contributed by atoms with Crippen LogP contribution in [0, 0.1) is 0 Å². The third-order valence-electron chi connectivity index (χ3n) is 5.59. The van der Waals surface area contributed by atoms with Crippen molar-refractivity contribution in [2.24, 2.45) is 0 Å². The van der Waals surface area contributed by atoms with Crippen molar-refractivity contribution in [2.75, 3.05) is 17.6 Å². The number of halogens is 4. The maximum atomic E-state index is 13.0. The summed E-state index contributed by atoms with van der Waals surface area (Å²) in [5.41, 5.74) is 6.75. The molecule has 2 atom stereocenters. The number of benzene rings is 2. The summed E-state index contributed by atoms with van der Waals surface area (Å²) in [6, 6.07) is 12.7. The van der Waals surface area contributed by atoms with Gasteiger partial charge in [-0.2, -0.15) is 13.2 Å². The molecule has 0 saturated carbocycles. The number of nitrogens with two attached hydrogens (primary N) is 1. The number of anilines is 2. The fraction of sp³-hybridized carbons (Fsp3) is 0.208. The van der Waals surface area contributed by atoms with Crippen molar-refractivity contribution in [1.29, 1.82) is 0 Å². The number of amides is 2. The van der Waals surface area contributed by atoms with Crippen molar-refractivity contribution in [3.8, 4) is 11.1 Å². The zero-order valence-corrected chi connectivity index (χ0v) is 19.0. The number of pyridine rings is 1. The van der Waals surface area contributed by atoms with Gasteiger partial charge in [-0.25, -0.2) is 4.98 Å². The molecule has 7 nitrogen and oxygen atoms in total. The number of carbonyl (C=O) groups excluding carboxylic acids is 2. The number of nitrogens with one attached hydrogen (secondary N) is 3. The minimum atomic E-state index is -4.64. The van der Waals surface area contributed by atoms with Gasteiger partial charge in [-0.15, -0.1) is 0 Å². The normalized spacial score (nSPS) is 17.7. The highest BCUT2D eigenvalue weighted by Crippen LogP contribution is 2.36. The zero-order valence-electron chi connectivity index (χ0n) is 18.2. The van der Waals surface area contributed by atoms with E-state index < -0.39 is 28.7 Å². The molecule has 5 N–H and O–H groups in total. The maximum absolute atomic E-state index is 13.0. The van der Waals surface area contributed by atoms with Crippen LogP contribution in [0.1, 0.15) is 22.3 Å². The van der Waals surface area contributed by atoms with Gasteiger partial charge in [0.15, 0.2) is 0 Å². The Morgan fingerprint density at radius 3 is 2.43 bits per heavy atom. The van der Waals surface area contributed by atoms with E-state index in [9.17, 15) is 22.8 Å². The van der Waals surface area contributed by atoms with Gasteiger partial charge in [-0.3, -0.25) is 9.59 Å². The third kappa shape index (κ3) is 5.90. The van der Waals surface area contributed by atoms with E-state index in [1.807, 2.05) is 6.07 Å². The lowest BCUT2D eigenvalue weighted by molar-refractivity contribution is -0.137. The van der Waals surface area contributed by atoms with E-state index in [1.165, 1.54) is 6.07 Å². The van der Waals surface area contributed by atoms with Gasteiger partial charge in [0.25, 0.3) is 5.91 Å². The smallest absolute Gasteiger partial charge is 0.384 e. The van der Waals surface area contributed by atoms with Crippen LogP contribution in [0.3, 0.4) is 0 Å². The van der Waals surface area contributed by atoms with Gasteiger partial charge in [-0.05, 0) is 54.4 Å². The van der Waals surface area contributed by atoms with E-state index in [1.54, 1.807) is 36.5 Å². The van der Waals surface area contributed by atoms with Crippen LogP contribution in [0.15, 0.2) is 60.8 Å². The quantitative estimate of drug-likeness (QED) is 0.419. The summed E-state index contributed by atoms with van der Waals surface area (Å²) in [5.74, 6) is -0.382. The van der Waals surface area contributed by atoms with E-state index in [0.29, 0.717) is 17.9 Å². The Labute approximate surface area is 203 Å². The first kappa shape index (κ1) is 24.5. The number of nitrogens with zero attached hydrogens (tertiary/aromatic N) is 1. The number of hydrogen-bond donors (Lipinski definition) is 4. The average molecular weight is 504 g/mol. The predicted octanol–water partition coefficient (Wildman–Crippen LogP) is 4.10. The molecule has 0 bridgehead atoms. The standard InChI is InChI=1S/C24H21ClF3N5O2/c25-19-7-6-16(9-18(19)24(26,27)28)32-23(35)20-10-17(12-30-20)33-22(34)14-3-1-13(2-4-14)15-5-8-21(29)31-11-15/h1-9,11,17,20,30H,10,12H2,(H2,29,31)(H,32,35)(H,33,34)/t17-,20-/m1/s1. The summed E-state index contributed by atoms with van der Waals surface area (Å²) in [4.78, 5) is 29.2. The molecule has 0 aliphatic carbocycles. The van der Waals surface area contributed by atoms with Crippen molar-refractivity contribution < 1.29 is 22.8 Å². The second-order valence-electron chi connectivity index (χ2n) is 8.10. The van der Waals surface area contributed by atoms with Gasteiger partial charge in [-0.1, -0.05) is 23.7 Å². The number of carbonyl (C=O) groups is 2. The van der Waals surface area contributed by atoms with Crippen LogP contribution >= 0.6 is 11.6 Å². The minimum Gasteiger partial charge on any atom is -0.384 e. The Balaban J connectivity index is 1.33. The Morgan fingerprint density at radius 2 is 1.77 bits per heavy atom. The Morgan fingerprint density at radius 1 is 1.06 bits per heavy atom. The van der Waals surface area contributed by atoms with Gasteiger partial charge in [0.2, 0.25) is 5.91 Å². The van der Waals surface area contributed by atoms with Crippen LogP contribution < -0.4 is 21.7 Å². The number of nitrogen functional groups attached to an aromatic ring is 1. The van der Waals surface area contributed by atoms with Crippen LogP contribution in [0.2, 0.25) is 5.02 Å². The summed E-state index contributed by atoms with van der Waals surface area (Å²) in [6.07, 6.45) is -2.71. The second kappa shape index (κ2) is 9.93. The molecule has 182 valence electrons. The molecule has 1 aliphatic heterocycles. The summed E-state index contributed by atoms with van der Waals surface area (Å²) < 4.78 is 39.1. The molecule has 0 radical (unpaired) electrons. The molecule has 2 amide bonds. The van der Waals surface area contributed by atoms with Gasteiger partial charge in [0.05, 0.1) is 16.6 Å². The molecular formula is C24H21ClF3N5O2. The fourth-order valence-corrected chi connectivity index (χ4v) is 3.98. The molecule has 2 aromatic carbocycles. The summed E-state index contributed by atoms with van der Waals surface area (Å²) in [7, 11) is 0. The summed E-state index contributed by atoms with van der Waals surface area (Å²) in [6.45, 7) is 0.341. The number of rotatable bonds is 5. The first-order valence-corrected chi connectivity index (χ1v) is 11.0. The summed E-state index contributed by atoms with van der Waals surface area (Å²) >= 11 is 5.62. The topological polar surface area (TPSA) is 109 Å². The third-order valence-corrected chi connectivity index (χ3v) is 5.92. The first-order valence-electron chi connectivity index (χ1n) is 10.6. The highest BCUT2D eigenvalue weighted by molar-refractivity contribution is 6.31. The lowest BCUT2D eigenvalue weighted by Crippen LogP contribution is -2.36. The molecule has 35 heavy (non-hydrogen) atoms. The van der Waals surface area contributed by atoms with Crippen molar-refractivity contribution in [2.45, 2.75) is 24.7 Å². The van der Waals surface area contributed by atoms with Gasteiger partial charge in [0, 0.05) is 35.6 Å². The minimum absolute atomic E-state index is 0.0163. The van der Waals surface area contributed by atoms with Gasteiger partial charge < -0.3 is 21.7 Å². The monoisotopic (exact) mass is 503 g/mol. The molecule has 1 aliphatic rings. The van der Waals surface area contributed by atoms with Crippen LogP contribution in [-0.4, -0.2) is 35.4 Å². The SMILES string of the molecule is Nc1ccc(-c2ccc(C(=O)N[C@H]3CN[C@@H](C(=O)Nc4ccc(Cl)c(C(F)(F)F)c4)C3)cc2)cn1. The highest BCUT2D eigenvalue weighted by Gasteiger charge is 2.34. The van der Waals surface area contributed by atoms with Crippen LogP contribution in [0.5, 0.6) is 0 Å². The van der Waals surface area contributed by atoms with E-state index in [0.717, 1.165) is 23.3 Å². The molecule has 11 heteroatoms. The predicted molar refractivity (Wildman–Crippen MR) is 127 cm³/mol. The zero-order chi connectivity index (χ0) is 25.2. The van der Waals surface area contributed by atoms with Crippen molar-refractivity contribution in [3.63, 3.8) is 0 Å². The molecule has 0 unspecified atom stereocenters. The van der Waals surface area contributed by atoms with Crippen molar-refractivity contribution in [1.82, 2.24) is 15.6 Å². The van der Waals surface area contributed by atoms with E-state index >= 15 is 0 Å². The van der Waals surface area contributed by atoms with Crippen LogP contribution in [0.4, 0.5) is 24.7 Å². The van der Waals surface area contributed by atoms with E-state index in [2.05, 4.69) is 20.9 Å². The molecular weight excluding hydrogens is 483 g/mol. The van der Waals surface area contributed by atoms with E-state index in [4.69, 9.17) is 17.3 Å². The molecule has 2 heterocycles. The lowest BCUT2D eigenvalue weighted by atomic mass is 10.0.